The Morgan fingerprint density at radius 3 is 2.26 bits per heavy atom. The Kier molecular flexibility index (Phi) is 9.29. The van der Waals surface area contributed by atoms with Crippen molar-refractivity contribution in [2.45, 2.75) is 53.0 Å². The predicted molar refractivity (Wildman–Crippen MR) is 161 cm³/mol. The lowest BCUT2D eigenvalue weighted by Gasteiger charge is -2.39. The van der Waals surface area contributed by atoms with E-state index in [-0.39, 0.29) is 17.0 Å². The molecule has 7 nitrogen and oxygen atoms in total. The molecule has 4 rings (SSSR count). The van der Waals surface area contributed by atoms with Gasteiger partial charge in [-0.05, 0) is 43.5 Å². The third kappa shape index (κ3) is 5.67. The van der Waals surface area contributed by atoms with Crippen LogP contribution in [0.5, 0.6) is 0 Å². The van der Waals surface area contributed by atoms with Gasteiger partial charge in [0.15, 0.2) is 0 Å². The number of thioether (sulfide) groups is 1. The van der Waals surface area contributed by atoms with Gasteiger partial charge < -0.3 is 9.80 Å². The van der Waals surface area contributed by atoms with Crippen molar-refractivity contribution in [3.8, 4) is 6.07 Å². The number of piperazine rings is 1. The lowest BCUT2D eigenvalue weighted by Crippen LogP contribution is -2.48. The number of rotatable bonds is 9. The molecule has 0 N–H and O–H groups in total. The molecule has 1 amide bonds. The Morgan fingerprint density at radius 2 is 1.63 bits per heavy atom. The third-order valence-corrected chi connectivity index (χ3v) is 8.54. The summed E-state index contributed by atoms with van der Waals surface area (Å²) < 4.78 is 2.32. The minimum absolute atomic E-state index is 0.0995. The molecule has 2 fully saturated rings. The number of anilines is 2. The number of pyridine rings is 1. The van der Waals surface area contributed by atoms with Crippen molar-refractivity contribution in [2.24, 2.45) is 0 Å². The number of nitriles is 1. The van der Waals surface area contributed by atoms with E-state index >= 15 is 0 Å². The monoisotopic (exact) mass is 549 g/mol. The molecular weight excluding hydrogens is 514 g/mol. The lowest BCUT2D eigenvalue weighted by molar-refractivity contribution is -0.122. The largest absolute Gasteiger partial charge is 0.368 e. The molecule has 0 spiro atoms. The zero-order chi connectivity index (χ0) is 27.2. The maximum atomic E-state index is 13.5. The second kappa shape index (κ2) is 12.6. The summed E-state index contributed by atoms with van der Waals surface area (Å²) in [6.45, 7) is 10.2. The maximum Gasteiger partial charge on any atom is 0.270 e. The fourth-order valence-corrected chi connectivity index (χ4v) is 6.25. The topological polar surface area (TPSA) is 72.6 Å². The van der Waals surface area contributed by atoms with E-state index in [1.54, 1.807) is 9.47 Å². The van der Waals surface area contributed by atoms with Gasteiger partial charge >= 0.3 is 0 Å². The van der Waals surface area contributed by atoms with Gasteiger partial charge in [0, 0.05) is 50.5 Å². The first-order valence-electron chi connectivity index (χ1n) is 13.4. The summed E-state index contributed by atoms with van der Waals surface area (Å²) in [5.41, 5.74) is 2.44. The Bertz CT molecular complexity index is 1320. The first kappa shape index (κ1) is 27.9. The van der Waals surface area contributed by atoms with Gasteiger partial charge in [-0.3, -0.25) is 19.1 Å². The summed E-state index contributed by atoms with van der Waals surface area (Å²) in [6.07, 6.45) is 5.47. The molecule has 2 aromatic rings. The van der Waals surface area contributed by atoms with Gasteiger partial charge in [-0.2, -0.15) is 5.26 Å². The second-order valence-corrected chi connectivity index (χ2v) is 11.3. The predicted octanol–water partition coefficient (Wildman–Crippen LogP) is 5.16. The zero-order valence-corrected chi connectivity index (χ0v) is 24.0. The number of hydrogen-bond acceptors (Lipinski definition) is 7. The normalized spacial score (nSPS) is 17.0. The number of carbonyl (C=O) groups excluding carboxylic acids is 1. The average Bonchev–Trinajstić information content (AvgIpc) is 3.20. The highest BCUT2D eigenvalue weighted by atomic mass is 32.2. The average molecular weight is 550 g/mol. The molecule has 2 saturated heterocycles. The van der Waals surface area contributed by atoms with Gasteiger partial charge in [0.05, 0.1) is 4.91 Å². The molecule has 1 aromatic carbocycles. The highest BCUT2D eigenvalue weighted by molar-refractivity contribution is 8.26. The number of hydrogen-bond donors (Lipinski definition) is 0. The smallest absolute Gasteiger partial charge is 0.270 e. The Labute approximate surface area is 234 Å². The molecular formula is C29H35N5O2S2. The molecule has 1 aromatic heterocycles. The Morgan fingerprint density at radius 1 is 1.00 bits per heavy atom. The number of para-hydroxylation sites is 1. The molecule has 3 heterocycles. The van der Waals surface area contributed by atoms with Crippen molar-refractivity contribution in [3.63, 3.8) is 0 Å². The van der Waals surface area contributed by atoms with Crippen molar-refractivity contribution < 1.29 is 4.79 Å². The number of carbonyl (C=O) groups is 1. The maximum absolute atomic E-state index is 13.5. The first-order chi connectivity index (χ1) is 18.4. The van der Waals surface area contributed by atoms with Crippen molar-refractivity contribution in [2.75, 3.05) is 42.5 Å². The first-order valence-corrected chi connectivity index (χ1v) is 14.6. The van der Waals surface area contributed by atoms with Crippen LogP contribution >= 0.6 is 24.0 Å². The second-order valence-electron chi connectivity index (χ2n) is 9.66. The summed E-state index contributed by atoms with van der Waals surface area (Å²) in [7, 11) is 0. The minimum atomic E-state index is -0.258. The van der Waals surface area contributed by atoms with Gasteiger partial charge in [0.25, 0.3) is 11.5 Å². The SMILES string of the molecule is CCCCN1C(=O)C(=Cc2c(C)c(C#N)c(=O)n(CCCC)c2N2CCN(c3ccccc3)CC2)SC1=S. The van der Waals surface area contributed by atoms with E-state index in [1.807, 2.05) is 31.2 Å². The third-order valence-electron chi connectivity index (χ3n) is 7.17. The highest BCUT2D eigenvalue weighted by Crippen LogP contribution is 2.36. The molecule has 0 unspecified atom stereocenters. The van der Waals surface area contributed by atoms with Crippen LogP contribution in [0, 0.1) is 18.3 Å². The van der Waals surface area contributed by atoms with E-state index in [4.69, 9.17) is 12.2 Å². The van der Waals surface area contributed by atoms with E-state index in [0.29, 0.717) is 27.9 Å². The van der Waals surface area contributed by atoms with Crippen LogP contribution in [0.1, 0.15) is 56.2 Å². The molecule has 200 valence electrons. The minimum Gasteiger partial charge on any atom is -0.368 e. The molecule has 2 aliphatic rings. The summed E-state index contributed by atoms with van der Waals surface area (Å²) in [5.74, 6) is 0.698. The number of aromatic nitrogens is 1. The molecule has 9 heteroatoms. The fraction of sp³-hybridized carbons (Fsp3) is 0.448. The van der Waals surface area contributed by atoms with Gasteiger partial charge in [-0.25, -0.2) is 0 Å². The van der Waals surface area contributed by atoms with Gasteiger partial charge in [0.1, 0.15) is 21.8 Å². The highest BCUT2D eigenvalue weighted by Gasteiger charge is 2.33. The van der Waals surface area contributed by atoms with Gasteiger partial charge in [-0.1, -0.05) is 68.9 Å². The van der Waals surface area contributed by atoms with Crippen LogP contribution in [0.15, 0.2) is 40.0 Å². The standard InChI is InChI=1S/C29H35N5O2S2/c1-4-6-13-33-26(32-17-15-31(16-18-32)22-11-9-8-10-12-22)23(21(3)24(20-30)27(33)35)19-25-28(36)34(14-7-5-2)29(37)38-25/h8-12,19H,4-7,13-18H2,1-3H3. The quantitative estimate of drug-likeness (QED) is 0.316. The summed E-state index contributed by atoms with van der Waals surface area (Å²) in [4.78, 5) is 33.6. The van der Waals surface area contributed by atoms with Crippen LogP contribution in [-0.4, -0.2) is 52.4 Å². The number of thiocarbonyl (C=S) groups is 1. The number of amides is 1. The number of benzene rings is 1. The molecule has 38 heavy (non-hydrogen) atoms. The summed E-state index contributed by atoms with van der Waals surface area (Å²) in [6, 6.07) is 12.5. The molecule has 0 aliphatic carbocycles. The van der Waals surface area contributed by atoms with Crippen molar-refractivity contribution >= 4 is 51.8 Å². The van der Waals surface area contributed by atoms with E-state index in [0.717, 1.165) is 63.2 Å². The van der Waals surface area contributed by atoms with E-state index in [1.165, 1.54) is 17.4 Å². The Hall–Kier alpha value is -3.09. The van der Waals surface area contributed by atoms with Crippen LogP contribution in [0.2, 0.25) is 0 Å². The molecule has 0 bridgehead atoms. The summed E-state index contributed by atoms with van der Waals surface area (Å²) in [5, 5.41) is 9.92. The van der Waals surface area contributed by atoms with Gasteiger partial charge in [0.2, 0.25) is 0 Å². The van der Waals surface area contributed by atoms with Crippen LogP contribution in [-0.2, 0) is 11.3 Å². The molecule has 2 aliphatic heterocycles. The van der Waals surface area contributed by atoms with Gasteiger partial charge in [-0.15, -0.1) is 0 Å². The summed E-state index contributed by atoms with van der Waals surface area (Å²) >= 11 is 6.83. The number of unbranched alkanes of at least 4 members (excludes halogenated alkanes) is 2. The van der Waals surface area contributed by atoms with Crippen LogP contribution in [0.25, 0.3) is 6.08 Å². The van der Waals surface area contributed by atoms with E-state index in [2.05, 4.69) is 41.8 Å². The molecule has 0 saturated carbocycles. The van der Waals surface area contributed by atoms with E-state index in [9.17, 15) is 14.9 Å². The molecule has 0 radical (unpaired) electrons. The van der Waals surface area contributed by atoms with Crippen LogP contribution < -0.4 is 15.4 Å². The van der Waals surface area contributed by atoms with Crippen molar-refractivity contribution in [1.82, 2.24) is 9.47 Å². The number of nitrogens with zero attached hydrogens (tertiary/aromatic N) is 5. The zero-order valence-electron chi connectivity index (χ0n) is 22.4. The van der Waals surface area contributed by atoms with Crippen LogP contribution in [0.3, 0.4) is 0 Å². The van der Waals surface area contributed by atoms with Crippen LogP contribution in [0.4, 0.5) is 11.5 Å². The Balaban J connectivity index is 1.78. The fourth-order valence-electron chi connectivity index (χ4n) is 4.96. The lowest BCUT2D eigenvalue weighted by atomic mass is 10.0. The van der Waals surface area contributed by atoms with E-state index < -0.39 is 0 Å². The van der Waals surface area contributed by atoms with Crippen molar-refractivity contribution in [3.05, 3.63) is 62.3 Å². The molecule has 0 atom stereocenters. The van der Waals surface area contributed by atoms with Crippen molar-refractivity contribution in [1.29, 1.82) is 5.26 Å².